The summed E-state index contributed by atoms with van der Waals surface area (Å²) >= 11 is 0. The molecule has 0 unspecified atom stereocenters. The molecule has 0 radical (unpaired) electrons. The molecule has 0 aliphatic carbocycles. The summed E-state index contributed by atoms with van der Waals surface area (Å²) < 4.78 is 12.2. The highest BCUT2D eigenvalue weighted by Crippen LogP contribution is 2.36. The molecule has 0 N–H and O–H groups in total. The van der Waals surface area contributed by atoms with Gasteiger partial charge in [0, 0.05) is 18.2 Å². The first-order valence-electron chi connectivity index (χ1n) is 9.24. The molecule has 1 aliphatic rings. The van der Waals surface area contributed by atoms with Gasteiger partial charge in [0.2, 0.25) is 0 Å². The van der Waals surface area contributed by atoms with E-state index in [9.17, 15) is 0 Å². The van der Waals surface area contributed by atoms with Crippen LogP contribution in [-0.4, -0.2) is 37.7 Å². The SMILES string of the molecule is CCCCCc1cc2c(cc1OCCCN(C)C)OC(C)(C)C=C2. The van der Waals surface area contributed by atoms with E-state index in [4.69, 9.17) is 9.47 Å². The number of hydrogen-bond acceptors (Lipinski definition) is 3. The number of nitrogens with zero attached hydrogens (tertiary/aromatic N) is 1. The fraction of sp³-hybridized carbons (Fsp3) is 0.619. The van der Waals surface area contributed by atoms with Crippen LogP contribution in [0.4, 0.5) is 0 Å². The van der Waals surface area contributed by atoms with E-state index >= 15 is 0 Å². The van der Waals surface area contributed by atoms with E-state index in [2.05, 4.69) is 64.1 Å². The van der Waals surface area contributed by atoms with E-state index in [-0.39, 0.29) is 5.60 Å². The molecule has 1 aromatic rings. The maximum Gasteiger partial charge on any atom is 0.131 e. The fourth-order valence-electron chi connectivity index (χ4n) is 2.91. The van der Waals surface area contributed by atoms with Gasteiger partial charge in [0.25, 0.3) is 0 Å². The summed E-state index contributed by atoms with van der Waals surface area (Å²) in [4.78, 5) is 2.19. The van der Waals surface area contributed by atoms with Crippen LogP contribution in [0.25, 0.3) is 6.08 Å². The third-order valence-corrected chi connectivity index (χ3v) is 4.29. The van der Waals surface area contributed by atoms with Crippen LogP contribution in [0.2, 0.25) is 0 Å². The number of hydrogen-bond donors (Lipinski definition) is 0. The zero-order chi connectivity index (χ0) is 17.6. The lowest BCUT2D eigenvalue weighted by molar-refractivity contribution is 0.158. The van der Waals surface area contributed by atoms with Crippen LogP contribution in [0.1, 0.15) is 57.6 Å². The molecule has 1 aliphatic heterocycles. The van der Waals surface area contributed by atoms with Crippen molar-refractivity contribution in [3.63, 3.8) is 0 Å². The van der Waals surface area contributed by atoms with E-state index in [0.717, 1.165) is 37.5 Å². The smallest absolute Gasteiger partial charge is 0.131 e. The van der Waals surface area contributed by atoms with Gasteiger partial charge in [-0.15, -0.1) is 0 Å². The van der Waals surface area contributed by atoms with Crippen molar-refractivity contribution in [2.45, 2.75) is 58.5 Å². The summed E-state index contributed by atoms with van der Waals surface area (Å²) in [5.41, 5.74) is 2.22. The Morgan fingerprint density at radius 2 is 1.92 bits per heavy atom. The van der Waals surface area contributed by atoms with Crippen molar-refractivity contribution in [1.29, 1.82) is 0 Å². The van der Waals surface area contributed by atoms with Crippen LogP contribution in [0.3, 0.4) is 0 Å². The Morgan fingerprint density at radius 3 is 2.62 bits per heavy atom. The second-order valence-electron chi connectivity index (χ2n) is 7.50. The van der Waals surface area contributed by atoms with Gasteiger partial charge in [0.05, 0.1) is 6.61 Å². The van der Waals surface area contributed by atoms with Crippen molar-refractivity contribution < 1.29 is 9.47 Å². The summed E-state index contributed by atoms with van der Waals surface area (Å²) in [6.07, 6.45) is 10.1. The molecule has 3 heteroatoms. The quantitative estimate of drug-likeness (QED) is 0.599. The highest BCUT2D eigenvalue weighted by Gasteiger charge is 2.23. The van der Waals surface area contributed by atoms with Crippen LogP contribution in [0.15, 0.2) is 18.2 Å². The molecule has 134 valence electrons. The summed E-state index contributed by atoms with van der Waals surface area (Å²) in [7, 11) is 4.19. The van der Waals surface area contributed by atoms with Gasteiger partial charge >= 0.3 is 0 Å². The van der Waals surface area contributed by atoms with Crippen LogP contribution in [0, 0.1) is 0 Å². The lowest BCUT2D eigenvalue weighted by Gasteiger charge is -2.29. The Hall–Kier alpha value is -1.48. The van der Waals surface area contributed by atoms with Gasteiger partial charge in [-0.3, -0.25) is 0 Å². The van der Waals surface area contributed by atoms with Crippen LogP contribution in [0.5, 0.6) is 11.5 Å². The van der Waals surface area contributed by atoms with Gasteiger partial charge in [0.1, 0.15) is 17.1 Å². The van der Waals surface area contributed by atoms with Gasteiger partial charge in [-0.2, -0.15) is 0 Å². The van der Waals surface area contributed by atoms with Gasteiger partial charge in [0.15, 0.2) is 0 Å². The number of unbranched alkanes of at least 4 members (excludes halogenated alkanes) is 2. The number of fused-ring (bicyclic) bond motifs is 1. The van der Waals surface area contributed by atoms with Crippen molar-refractivity contribution >= 4 is 6.08 Å². The van der Waals surface area contributed by atoms with E-state index < -0.39 is 0 Å². The molecular weight excluding hydrogens is 298 g/mol. The van der Waals surface area contributed by atoms with Crippen molar-refractivity contribution in [1.82, 2.24) is 4.90 Å². The number of rotatable bonds is 9. The van der Waals surface area contributed by atoms with Crippen LogP contribution >= 0.6 is 0 Å². The minimum absolute atomic E-state index is 0.251. The Morgan fingerprint density at radius 1 is 1.12 bits per heavy atom. The lowest BCUT2D eigenvalue weighted by Crippen LogP contribution is -2.27. The minimum atomic E-state index is -0.251. The maximum atomic E-state index is 6.12. The Bertz CT molecular complexity index is 561. The highest BCUT2D eigenvalue weighted by molar-refractivity contribution is 5.64. The van der Waals surface area contributed by atoms with Gasteiger partial charge in [-0.05, 0) is 64.9 Å². The monoisotopic (exact) mass is 331 g/mol. The first kappa shape index (κ1) is 18.9. The third kappa shape index (κ3) is 5.55. The molecule has 0 amide bonds. The first-order valence-corrected chi connectivity index (χ1v) is 9.24. The van der Waals surface area contributed by atoms with E-state index in [0.29, 0.717) is 0 Å². The van der Waals surface area contributed by atoms with Gasteiger partial charge in [-0.1, -0.05) is 25.8 Å². The molecule has 0 fully saturated rings. The summed E-state index contributed by atoms with van der Waals surface area (Å²) in [5.74, 6) is 1.93. The highest BCUT2D eigenvalue weighted by atomic mass is 16.5. The van der Waals surface area contributed by atoms with Crippen molar-refractivity contribution in [2.75, 3.05) is 27.2 Å². The van der Waals surface area contributed by atoms with Crippen LogP contribution < -0.4 is 9.47 Å². The predicted octanol–water partition coefficient (Wildman–Crippen LogP) is 4.93. The molecule has 24 heavy (non-hydrogen) atoms. The molecular formula is C21H33NO2. The van der Waals surface area contributed by atoms with Crippen molar-refractivity contribution in [3.8, 4) is 11.5 Å². The molecule has 1 aromatic carbocycles. The number of aryl methyl sites for hydroxylation is 1. The minimum Gasteiger partial charge on any atom is -0.493 e. The Kier molecular flexibility index (Phi) is 6.73. The maximum absolute atomic E-state index is 6.12. The normalized spacial score (nSPS) is 15.2. The molecule has 2 rings (SSSR count). The topological polar surface area (TPSA) is 21.7 Å². The van der Waals surface area contributed by atoms with E-state index in [1.807, 2.05) is 0 Å². The van der Waals surface area contributed by atoms with Gasteiger partial charge < -0.3 is 14.4 Å². The fourth-order valence-corrected chi connectivity index (χ4v) is 2.91. The number of benzene rings is 1. The molecule has 0 aromatic heterocycles. The van der Waals surface area contributed by atoms with E-state index in [1.54, 1.807) is 0 Å². The second kappa shape index (κ2) is 8.57. The summed E-state index contributed by atoms with van der Waals surface area (Å²) in [5, 5.41) is 0. The zero-order valence-corrected chi connectivity index (χ0v) is 16.0. The zero-order valence-electron chi connectivity index (χ0n) is 16.0. The van der Waals surface area contributed by atoms with Gasteiger partial charge in [-0.25, -0.2) is 0 Å². The Balaban J connectivity index is 2.13. The standard InChI is InChI=1S/C21H33NO2/c1-6-7-8-10-17-15-18-11-12-21(2,3)24-20(18)16-19(17)23-14-9-13-22(4)5/h11-12,15-16H,6-10,13-14H2,1-5H3. The Labute approximate surface area is 147 Å². The summed E-state index contributed by atoms with van der Waals surface area (Å²) in [6.45, 7) is 8.20. The average Bonchev–Trinajstić information content (AvgIpc) is 2.51. The lowest BCUT2D eigenvalue weighted by atomic mass is 9.98. The molecule has 0 spiro atoms. The van der Waals surface area contributed by atoms with Crippen molar-refractivity contribution in [2.24, 2.45) is 0 Å². The average molecular weight is 332 g/mol. The van der Waals surface area contributed by atoms with Crippen molar-refractivity contribution in [3.05, 3.63) is 29.3 Å². The first-order chi connectivity index (χ1) is 11.4. The summed E-state index contributed by atoms with van der Waals surface area (Å²) in [6, 6.07) is 4.34. The molecule has 3 nitrogen and oxygen atoms in total. The molecule has 0 atom stereocenters. The molecule has 0 saturated heterocycles. The number of ether oxygens (including phenoxy) is 2. The van der Waals surface area contributed by atoms with E-state index in [1.165, 1.54) is 30.4 Å². The van der Waals surface area contributed by atoms with Crippen LogP contribution in [-0.2, 0) is 6.42 Å². The molecule has 0 bridgehead atoms. The largest absolute Gasteiger partial charge is 0.493 e. The third-order valence-electron chi connectivity index (χ3n) is 4.29. The second-order valence-corrected chi connectivity index (χ2v) is 7.50. The molecule has 0 saturated carbocycles. The molecule has 1 heterocycles. The predicted molar refractivity (Wildman–Crippen MR) is 102 cm³/mol.